The molecule has 1 aliphatic heterocycles. The molecule has 11 heavy (non-hydrogen) atoms. The molecule has 1 aliphatic rings. The highest BCUT2D eigenvalue weighted by Gasteiger charge is 2.14. The number of hydrogen-bond acceptors (Lipinski definition) is 3. The summed E-state index contributed by atoms with van der Waals surface area (Å²) >= 11 is 0. The minimum Gasteiger partial charge on any atom is -0.330 e. The van der Waals surface area contributed by atoms with Gasteiger partial charge in [0.05, 0.1) is 0 Å². The lowest BCUT2D eigenvalue weighted by Crippen LogP contribution is -2.40. The Balaban J connectivity index is 2.07. The standard InChI is InChI=1S/C8H19N3/c9-4-1-5-11-6-2-8(10)3-7-11/h8H,1-7,9-10H2. The number of likely N-dealkylation sites (tertiary alicyclic amines) is 1. The van der Waals surface area contributed by atoms with Gasteiger partial charge >= 0.3 is 0 Å². The van der Waals surface area contributed by atoms with Crippen LogP contribution >= 0.6 is 0 Å². The smallest absolute Gasteiger partial charge is 0.00631 e. The van der Waals surface area contributed by atoms with Gasteiger partial charge in [0.1, 0.15) is 0 Å². The quantitative estimate of drug-likeness (QED) is 0.594. The van der Waals surface area contributed by atoms with Crippen molar-refractivity contribution in [1.82, 2.24) is 4.90 Å². The molecule has 0 unspecified atom stereocenters. The molecule has 0 aromatic carbocycles. The van der Waals surface area contributed by atoms with E-state index in [0.717, 1.165) is 32.4 Å². The van der Waals surface area contributed by atoms with Crippen LogP contribution in [-0.2, 0) is 0 Å². The van der Waals surface area contributed by atoms with E-state index in [1.165, 1.54) is 13.1 Å². The van der Waals surface area contributed by atoms with Crippen molar-refractivity contribution in [3.63, 3.8) is 0 Å². The number of nitrogens with zero attached hydrogens (tertiary/aromatic N) is 1. The molecule has 1 saturated heterocycles. The Morgan fingerprint density at radius 1 is 1.27 bits per heavy atom. The summed E-state index contributed by atoms with van der Waals surface area (Å²) in [7, 11) is 0. The average Bonchev–Trinajstić information content (AvgIpc) is 2.04. The number of hydrogen-bond donors (Lipinski definition) is 2. The van der Waals surface area contributed by atoms with Gasteiger partial charge in [0.25, 0.3) is 0 Å². The molecule has 1 fully saturated rings. The monoisotopic (exact) mass is 157 g/mol. The zero-order valence-corrected chi connectivity index (χ0v) is 7.13. The van der Waals surface area contributed by atoms with E-state index in [2.05, 4.69) is 4.90 Å². The second kappa shape index (κ2) is 4.70. The fourth-order valence-electron chi connectivity index (χ4n) is 1.49. The Hall–Kier alpha value is -0.120. The van der Waals surface area contributed by atoms with Crippen LogP contribution in [0.5, 0.6) is 0 Å². The maximum absolute atomic E-state index is 5.77. The van der Waals surface area contributed by atoms with Crippen molar-refractivity contribution in [2.75, 3.05) is 26.2 Å². The lowest BCUT2D eigenvalue weighted by molar-refractivity contribution is 0.212. The number of rotatable bonds is 3. The zero-order chi connectivity index (χ0) is 8.10. The van der Waals surface area contributed by atoms with Crippen LogP contribution in [0.15, 0.2) is 0 Å². The Morgan fingerprint density at radius 3 is 2.45 bits per heavy atom. The van der Waals surface area contributed by atoms with Crippen LogP contribution in [0.3, 0.4) is 0 Å². The van der Waals surface area contributed by atoms with E-state index in [4.69, 9.17) is 11.5 Å². The summed E-state index contributed by atoms with van der Waals surface area (Å²) < 4.78 is 0. The third kappa shape index (κ3) is 3.18. The summed E-state index contributed by atoms with van der Waals surface area (Å²) in [6.45, 7) is 4.30. The highest BCUT2D eigenvalue weighted by molar-refractivity contribution is 4.73. The topological polar surface area (TPSA) is 55.3 Å². The highest BCUT2D eigenvalue weighted by atomic mass is 15.1. The first-order chi connectivity index (χ1) is 5.33. The summed E-state index contributed by atoms with van der Waals surface area (Å²) in [4.78, 5) is 2.45. The molecule has 3 heteroatoms. The van der Waals surface area contributed by atoms with Gasteiger partial charge in [-0.1, -0.05) is 0 Å². The van der Waals surface area contributed by atoms with Gasteiger partial charge in [0, 0.05) is 6.04 Å². The van der Waals surface area contributed by atoms with Crippen molar-refractivity contribution >= 4 is 0 Å². The van der Waals surface area contributed by atoms with Crippen LogP contribution in [0.4, 0.5) is 0 Å². The molecular formula is C8H19N3. The largest absolute Gasteiger partial charge is 0.330 e. The molecule has 4 N–H and O–H groups in total. The van der Waals surface area contributed by atoms with Crippen molar-refractivity contribution in [2.24, 2.45) is 11.5 Å². The third-order valence-corrected chi connectivity index (χ3v) is 2.31. The highest BCUT2D eigenvalue weighted by Crippen LogP contribution is 2.07. The minimum absolute atomic E-state index is 0.448. The van der Waals surface area contributed by atoms with E-state index < -0.39 is 0 Å². The lowest BCUT2D eigenvalue weighted by atomic mass is 10.1. The minimum atomic E-state index is 0.448. The van der Waals surface area contributed by atoms with Crippen molar-refractivity contribution in [3.8, 4) is 0 Å². The van der Waals surface area contributed by atoms with Crippen LogP contribution in [0.2, 0.25) is 0 Å². The summed E-state index contributed by atoms with van der Waals surface area (Å²) in [5.74, 6) is 0. The Kier molecular flexibility index (Phi) is 3.83. The first-order valence-corrected chi connectivity index (χ1v) is 4.51. The molecule has 0 radical (unpaired) electrons. The molecule has 0 saturated carbocycles. The molecule has 0 aliphatic carbocycles. The molecule has 0 aromatic heterocycles. The van der Waals surface area contributed by atoms with Crippen LogP contribution in [0.1, 0.15) is 19.3 Å². The summed E-state index contributed by atoms with van der Waals surface area (Å²) in [6.07, 6.45) is 3.43. The van der Waals surface area contributed by atoms with Gasteiger partial charge in [0.2, 0.25) is 0 Å². The van der Waals surface area contributed by atoms with Crippen molar-refractivity contribution in [1.29, 1.82) is 0 Å². The Bertz CT molecular complexity index is 94.8. The second-order valence-corrected chi connectivity index (χ2v) is 3.32. The maximum atomic E-state index is 5.77. The molecule has 0 amide bonds. The van der Waals surface area contributed by atoms with E-state index in [-0.39, 0.29) is 0 Å². The molecule has 0 spiro atoms. The molecule has 1 rings (SSSR count). The maximum Gasteiger partial charge on any atom is 0.00631 e. The van der Waals surface area contributed by atoms with E-state index in [1.54, 1.807) is 0 Å². The molecule has 66 valence electrons. The van der Waals surface area contributed by atoms with Gasteiger partial charge in [0.15, 0.2) is 0 Å². The second-order valence-electron chi connectivity index (χ2n) is 3.32. The zero-order valence-electron chi connectivity index (χ0n) is 7.13. The fraction of sp³-hybridized carbons (Fsp3) is 1.00. The van der Waals surface area contributed by atoms with Crippen LogP contribution in [-0.4, -0.2) is 37.1 Å². The summed E-state index contributed by atoms with van der Waals surface area (Å²) in [5, 5.41) is 0. The first kappa shape index (κ1) is 8.97. The molecule has 3 nitrogen and oxygen atoms in total. The molecule has 1 heterocycles. The van der Waals surface area contributed by atoms with Gasteiger partial charge < -0.3 is 16.4 Å². The van der Waals surface area contributed by atoms with E-state index in [9.17, 15) is 0 Å². The SMILES string of the molecule is NCCCN1CCC(N)CC1. The molecular weight excluding hydrogens is 138 g/mol. The van der Waals surface area contributed by atoms with Crippen molar-refractivity contribution < 1.29 is 0 Å². The van der Waals surface area contributed by atoms with E-state index >= 15 is 0 Å². The van der Waals surface area contributed by atoms with Gasteiger partial charge in [-0.2, -0.15) is 0 Å². The average molecular weight is 157 g/mol. The van der Waals surface area contributed by atoms with Crippen LogP contribution in [0, 0.1) is 0 Å². The normalized spacial score (nSPS) is 22.4. The van der Waals surface area contributed by atoms with Crippen LogP contribution in [0.25, 0.3) is 0 Å². The van der Waals surface area contributed by atoms with Crippen molar-refractivity contribution in [3.05, 3.63) is 0 Å². The van der Waals surface area contributed by atoms with Gasteiger partial charge in [-0.3, -0.25) is 0 Å². The molecule has 0 bridgehead atoms. The predicted molar refractivity (Wildman–Crippen MR) is 47.3 cm³/mol. The molecule has 0 atom stereocenters. The number of piperidine rings is 1. The van der Waals surface area contributed by atoms with Crippen LogP contribution < -0.4 is 11.5 Å². The fourth-order valence-corrected chi connectivity index (χ4v) is 1.49. The van der Waals surface area contributed by atoms with Gasteiger partial charge in [-0.25, -0.2) is 0 Å². The van der Waals surface area contributed by atoms with Crippen molar-refractivity contribution in [2.45, 2.75) is 25.3 Å². The first-order valence-electron chi connectivity index (χ1n) is 4.51. The van der Waals surface area contributed by atoms with E-state index in [1.807, 2.05) is 0 Å². The lowest BCUT2D eigenvalue weighted by Gasteiger charge is -2.29. The third-order valence-electron chi connectivity index (χ3n) is 2.31. The predicted octanol–water partition coefficient (Wildman–Crippen LogP) is -0.242. The molecule has 0 aromatic rings. The Labute approximate surface area is 68.7 Å². The van der Waals surface area contributed by atoms with Gasteiger partial charge in [-0.05, 0) is 45.4 Å². The summed E-state index contributed by atoms with van der Waals surface area (Å²) in [5.41, 5.74) is 11.2. The Morgan fingerprint density at radius 2 is 1.91 bits per heavy atom. The van der Waals surface area contributed by atoms with E-state index in [0.29, 0.717) is 6.04 Å². The summed E-state index contributed by atoms with van der Waals surface area (Å²) in [6, 6.07) is 0.448. The van der Waals surface area contributed by atoms with Gasteiger partial charge in [-0.15, -0.1) is 0 Å². The number of nitrogens with two attached hydrogens (primary N) is 2.